The van der Waals surface area contributed by atoms with Gasteiger partial charge in [0.2, 0.25) is 6.08 Å². The molecular weight excluding hydrogens is 92.1 g/mol. The Hall–Kier alpha value is -0.660. The zero-order chi connectivity index (χ0) is 5.33. The predicted octanol–water partition coefficient (Wildman–Crippen LogP) is -0.229. The molecule has 0 heterocycles. The minimum Gasteiger partial charge on any atom is -0.306 e. The molecule has 0 bridgehead atoms. The summed E-state index contributed by atoms with van der Waals surface area (Å²) in [7, 11) is 0. The molecule has 0 amide bonds. The van der Waals surface area contributed by atoms with Crippen LogP contribution in [0.15, 0.2) is 4.99 Å². The van der Waals surface area contributed by atoms with Crippen LogP contribution in [0.2, 0.25) is 0 Å². The Morgan fingerprint density at radius 2 is 2.29 bits per heavy atom. The molecule has 2 N–H and O–H groups in total. The van der Waals surface area contributed by atoms with E-state index in [0.717, 1.165) is 12.8 Å². The molecule has 0 aliphatic heterocycles. The summed E-state index contributed by atoms with van der Waals surface area (Å²) in [6, 6.07) is 0. The molecule has 38 valence electrons. The highest BCUT2D eigenvalue weighted by Crippen LogP contribution is 2.32. The van der Waals surface area contributed by atoms with Crippen molar-refractivity contribution in [2.75, 3.05) is 0 Å². The van der Waals surface area contributed by atoms with E-state index < -0.39 is 5.66 Å². The maximum atomic E-state index is 9.49. The Labute approximate surface area is 41.2 Å². The highest BCUT2D eigenvalue weighted by atomic mass is 16.1. The number of isocyanates is 1. The molecule has 0 atom stereocenters. The number of hydrogen-bond acceptors (Lipinski definition) is 3. The second kappa shape index (κ2) is 1.15. The van der Waals surface area contributed by atoms with Crippen LogP contribution in [0.5, 0.6) is 0 Å². The number of carbonyl (C=O) groups excluding carboxylic acids is 1. The average molecular weight is 98.1 g/mol. The molecule has 0 saturated heterocycles. The Balaban J connectivity index is 2.55. The van der Waals surface area contributed by atoms with Gasteiger partial charge in [-0.3, -0.25) is 0 Å². The topological polar surface area (TPSA) is 55.4 Å². The Kier molecular flexibility index (Phi) is 0.741. The van der Waals surface area contributed by atoms with Crippen molar-refractivity contribution >= 4 is 6.08 Å². The lowest BCUT2D eigenvalue weighted by Gasteiger charge is -1.89. The molecule has 1 rings (SSSR count). The van der Waals surface area contributed by atoms with Crippen molar-refractivity contribution in [1.29, 1.82) is 0 Å². The standard InChI is InChI=1S/C4H6N2O/c5-4(1-2-4)6-3-7/h1-2,5H2. The van der Waals surface area contributed by atoms with Crippen molar-refractivity contribution in [1.82, 2.24) is 0 Å². The van der Waals surface area contributed by atoms with Crippen LogP contribution in [0.3, 0.4) is 0 Å². The molecule has 0 aromatic heterocycles. The first kappa shape index (κ1) is 4.50. The van der Waals surface area contributed by atoms with Crippen LogP contribution >= 0.6 is 0 Å². The zero-order valence-corrected chi connectivity index (χ0v) is 3.85. The highest BCUT2D eigenvalue weighted by molar-refractivity contribution is 5.35. The smallest absolute Gasteiger partial charge is 0.236 e. The van der Waals surface area contributed by atoms with E-state index in [1.54, 1.807) is 0 Å². The first-order chi connectivity index (χ1) is 3.27. The lowest BCUT2D eigenvalue weighted by molar-refractivity contribution is 0.556. The molecular formula is C4H6N2O. The molecule has 1 aliphatic rings. The van der Waals surface area contributed by atoms with Crippen molar-refractivity contribution in [3.8, 4) is 0 Å². The van der Waals surface area contributed by atoms with Gasteiger partial charge in [0.25, 0.3) is 0 Å². The second-order valence-corrected chi connectivity index (χ2v) is 1.81. The predicted molar refractivity (Wildman–Crippen MR) is 24.3 cm³/mol. The van der Waals surface area contributed by atoms with Crippen LogP contribution in [0.25, 0.3) is 0 Å². The maximum Gasteiger partial charge on any atom is 0.236 e. The Bertz CT molecular complexity index is 122. The lowest BCUT2D eigenvalue weighted by Crippen LogP contribution is -2.17. The van der Waals surface area contributed by atoms with Gasteiger partial charge in [-0.15, -0.1) is 0 Å². The zero-order valence-electron chi connectivity index (χ0n) is 3.85. The molecule has 3 heteroatoms. The summed E-state index contributed by atoms with van der Waals surface area (Å²) in [4.78, 5) is 12.8. The van der Waals surface area contributed by atoms with Crippen LogP contribution in [-0.4, -0.2) is 11.7 Å². The van der Waals surface area contributed by atoms with E-state index >= 15 is 0 Å². The van der Waals surface area contributed by atoms with Crippen molar-refractivity contribution in [3.63, 3.8) is 0 Å². The van der Waals surface area contributed by atoms with Gasteiger partial charge in [-0.1, -0.05) is 0 Å². The second-order valence-electron chi connectivity index (χ2n) is 1.81. The van der Waals surface area contributed by atoms with Gasteiger partial charge in [0.05, 0.1) is 0 Å². The summed E-state index contributed by atoms with van der Waals surface area (Å²) >= 11 is 0. The largest absolute Gasteiger partial charge is 0.306 e. The van der Waals surface area contributed by atoms with Crippen LogP contribution in [0.4, 0.5) is 0 Å². The molecule has 0 radical (unpaired) electrons. The quantitative estimate of drug-likeness (QED) is 0.364. The van der Waals surface area contributed by atoms with E-state index in [9.17, 15) is 4.79 Å². The van der Waals surface area contributed by atoms with Crippen LogP contribution in [0, 0.1) is 0 Å². The van der Waals surface area contributed by atoms with Crippen molar-refractivity contribution < 1.29 is 4.79 Å². The monoisotopic (exact) mass is 98.0 g/mol. The van der Waals surface area contributed by atoms with E-state index in [-0.39, 0.29) is 0 Å². The molecule has 1 aliphatic carbocycles. The van der Waals surface area contributed by atoms with E-state index in [0.29, 0.717) is 0 Å². The van der Waals surface area contributed by atoms with Crippen molar-refractivity contribution in [2.24, 2.45) is 10.7 Å². The first-order valence-electron chi connectivity index (χ1n) is 2.15. The van der Waals surface area contributed by atoms with Gasteiger partial charge in [0.15, 0.2) is 0 Å². The molecule has 3 nitrogen and oxygen atoms in total. The summed E-state index contributed by atoms with van der Waals surface area (Å²) in [6.07, 6.45) is 3.09. The molecule has 0 aromatic rings. The van der Waals surface area contributed by atoms with E-state index in [4.69, 9.17) is 5.73 Å². The van der Waals surface area contributed by atoms with Crippen molar-refractivity contribution in [3.05, 3.63) is 0 Å². The third kappa shape index (κ3) is 0.856. The minimum atomic E-state index is -0.498. The Morgan fingerprint density at radius 1 is 1.71 bits per heavy atom. The molecule has 1 fully saturated rings. The molecule has 0 unspecified atom stereocenters. The highest BCUT2D eigenvalue weighted by Gasteiger charge is 2.38. The van der Waals surface area contributed by atoms with Gasteiger partial charge in [-0.2, -0.15) is 4.99 Å². The number of aliphatic imine (C=N–C) groups is 1. The summed E-state index contributed by atoms with van der Waals surface area (Å²) in [6.45, 7) is 0. The van der Waals surface area contributed by atoms with E-state index in [1.165, 1.54) is 6.08 Å². The summed E-state index contributed by atoms with van der Waals surface area (Å²) < 4.78 is 0. The normalized spacial score (nSPS) is 23.0. The fourth-order valence-electron chi connectivity index (χ4n) is 0.331. The fourth-order valence-corrected chi connectivity index (χ4v) is 0.331. The van der Waals surface area contributed by atoms with E-state index in [1.807, 2.05) is 0 Å². The summed E-state index contributed by atoms with van der Waals surface area (Å²) in [5, 5.41) is 0. The Morgan fingerprint density at radius 3 is 2.43 bits per heavy atom. The van der Waals surface area contributed by atoms with Crippen LogP contribution < -0.4 is 5.73 Å². The number of nitrogens with two attached hydrogens (primary N) is 1. The van der Waals surface area contributed by atoms with Crippen LogP contribution in [0.1, 0.15) is 12.8 Å². The number of rotatable bonds is 1. The third-order valence-electron chi connectivity index (χ3n) is 1.03. The van der Waals surface area contributed by atoms with Gasteiger partial charge >= 0.3 is 0 Å². The number of hydrogen-bond donors (Lipinski definition) is 1. The molecule has 0 spiro atoms. The number of nitrogens with zero attached hydrogens (tertiary/aromatic N) is 1. The van der Waals surface area contributed by atoms with Gasteiger partial charge in [-0.25, -0.2) is 4.79 Å². The van der Waals surface area contributed by atoms with Gasteiger partial charge in [0, 0.05) is 0 Å². The maximum absolute atomic E-state index is 9.49. The molecule has 7 heavy (non-hydrogen) atoms. The first-order valence-corrected chi connectivity index (χ1v) is 2.15. The van der Waals surface area contributed by atoms with Crippen LogP contribution in [-0.2, 0) is 4.79 Å². The van der Waals surface area contributed by atoms with Gasteiger partial charge in [0.1, 0.15) is 5.66 Å². The van der Waals surface area contributed by atoms with E-state index in [2.05, 4.69) is 4.99 Å². The average Bonchev–Trinajstić information content (AvgIpc) is 2.22. The SMILES string of the molecule is NC1(N=C=O)CC1. The molecule has 1 saturated carbocycles. The minimum absolute atomic E-state index is 0.498. The van der Waals surface area contributed by atoms with Gasteiger partial charge < -0.3 is 5.73 Å². The lowest BCUT2D eigenvalue weighted by atomic mass is 10.6. The molecule has 0 aromatic carbocycles. The third-order valence-corrected chi connectivity index (χ3v) is 1.03. The van der Waals surface area contributed by atoms with Crippen molar-refractivity contribution in [2.45, 2.75) is 18.5 Å². The fraction of sp³-hybridized carbons (Fsp3) is 0.750. The summed E-state index contributed by atoms with van der Waals surface area (Å²) in [5.41, 5.74) is 4.83. The van der Waals surface area contributed by atoms with Gasteiger partial charge in [-0.05, 0) is 12.8 Å². The summed E-state index contributed by atoms with van der Waals surface area (Å²) in [5.74, 6) is 0.